The fourth-order valence-corrected chi connectivity index (χ4v) is 1.74. The zero-order valence-electron chi connectivity index (χ0n) is 9.92. The summed E-state index contributed by atoms with van der Waals surface area (Å²) in [5.41, 5.74) is 0.909. The van der Waals surface area contributed by atoms with Crippen molar-refractivity contribution in [1.82, 2.24) is 15.5 Å². The lowest BCUT2D eigenvalue weighted by molar-refractivity contribution is 0.308. The number of benzene rings is 1. The Labute approximate surface area is 111 Å². The highest BCUT2D eigenvalue weighted by atomic mass is 35.5. The summed E-state index contributed by atoms with van der Waals surface area (Å²) in [6.45, 7) is 1.83. The second kappa shape index (κ2) is 5.37. The highest BCUT2D eigenvalue weighted by Gasteiger charge is 2.25. The quantitative estimate of drug-likeness (QED) is 0.920. The van der Waals surface area contributed by atoms with Crippen molar-refractivity contribution in [2.45, 2.75) is 5.92 Å². The maximum absolute atomic E-state index is 5.25. The maximum Gasteiger partial charge on any atom is 0.232 e. The summed E-state index contributed by atoms with van der Waals surface area (Å²) in [5, 5.41) is 7.17. The SMILES string of the molecule is COc1cccc(-c2noc(C3CNC3)n2)c1.Cl. The highest BCUT2D eigenvalue weighted by Crippen LogP contribution is 2.24. The van der Waals surface area contributed by atoms with Crippen LogP contribution >= 0.6 is 12.4 Å². The Morgan fingerprint density at radius 1 is 1.39 bits per heavy atom. The van der Waals surface area contributed by atoms with E-state index >= 15 is 0 Å². The van der Waals surface area contributed by atoms with E-state index in [1.807, 2.05) is 24.3 Å². The highest BCUT2D eigenvalue weighted by molar-refractivity contribution is 5.85. The molecular formula is C12H14ClN3O2. The van der Waals surface area contributed by atoms with Crippen molar-refractivity contribution in [1.29, 1.82) is 0 Å². The molecule has 1 aliphatic rings. The first-order chi connectivity index (χ1) is 8.36. The third kappa shape index (κ3) is 2.32. The van der Waals surface area contributed by atoms with Gasteiger partial charge in [0, 0.05) is 18.7 Å². The number of nitrogens with one attached hydrogen (secondary N) is 1. The van der Waals surface area contributed by atoms with Crippen molar-refractivity contribution >= 4 is 12.4 Å². The van der Waals surface area contributed by atoms with E-state index in [1.54, 1.807) is 7.11 Å². The zero-order chi connectivity index (χ0) is 11.7. The van der Waals surface area contributed by atoms with Crippen LogP contribution < -0.4 is 10.1 Å². The molecule has 0 amide bonds. The van der Waals surface area contributed by atoms with Crippen LogP contribution in [0.3, 0.4) is 0 Å². The molecule has 0 bridgehead atoms. The number of hydrogen-bond donors (Lipinski definition) is 1. The molecule has 2 heterocycles. The monoisotopic (exact) mass is 267 g/mol. The molecule has 0 atom stereocenters. The van der Waals surface area contributed by atoms with Crippen molar-refractivity contribution in [2.75, 3.05) is 20.2 Å². The molecule has 1 aromatic heterocycles. The van der Waals surface area contributed by atoms with Crippen molar-refractivity contribution in [3.63, 3.8) is 0 Å². The van der Waals surface area contributed by atoms with Crippen LogP contribution in [0.25, 0.3) is 11.4 Å². The van der Waals surface area contributed by atoms with Crippen LogP contribution in [0.15, 0.2) is 28.8 Å². The average Bonchev–Trinajstić information content (AvgIpc) is 2.76. The molecule has 0 unspecified atom stereocenters. The van der Waals surface area contributed by atoms with Crippen LogP contribution in [0, 0.1) is 0 Å². The second-order valence-electron chi connectivity index (χ2n) is 4.04. The molecule has 2 aromatic rings. The number of nitrogens with zero attached hydrogens (tertiary/aromatic N) is 2. The maximum atomic E-state index is 5.25. The van der Waals surface area contributed by atoms with E-state index < -0.39 is 0 Å². The van der Waals surface area contributed by atoms with Gasteiger partial charge in [0.05, 0.1) is 13.0 Å². The van der Waals surface area contributed by atoms with Crippen LogP contribution in [0.1, 0.15) is 11.8 Å². The number of hydrogen-bond acceptors (Lipinski definition) is 5. The van der Waals surface area contributed by atoms with Crippen molar-refractivity contribution in [3.05, 3.63) is 30.2 Å². The van der Waals surface area contributed by atoms with Gasteiger partial charge in [-0.05, 0) is 12.1 Å². The van der Waals surface area contributed by atoms with Gasteiger partial charge in [-0.2, -0.15) is 4.98 Å². The molecule has 18 heavy (non-hydrogen) atoms. The van der Waals surface area contributed by atoms with E-state index in [1.165, 1.54) is 0 Å². The number of methoxy groups -OCH3 is 1. The third-order valence-corrected chi connectivity index (χ3v) is 2.90. The Balaban J connectivity index is 0.00000120. The minimum atomic E-state index is 0. The summed E-state index contributed by atoms with van der Waals surface area (Å²) in [7, 11) is 1.64. The molecule has 1 aromatic carbocycles. The van der Waals surface area contributed by atoms with E-state index in [2.05, 4.69) is 15.5 Å². The molecule has 0 radical (unpaired) electrons. The second-order valence-corrected chi connectivity index (χ2v) is 4.04. The van der Waals surface area contributed by atoms with E-state index in [-0.39, 0.29) is 12.4 Å². The smallest absolute Gasteiger partial charge is 0.232 e. The van der Waals surface area contributed by atoms with E-state index in [4.69, 9.17) is 9.26 Å². The Kier molecular flexibility index (Phi) is 3.84. The van der Waals surface area contributed by atoms with E-state index in [0.29, 0.717) is 17.6 Å². The molecule has 1 aliphatic heterocycles. The van der Waals surface area contributed by atoms with Crippen LogP contribution in [-0.4, -0.2) is 30.3 Å². The Morgan fingerprint density at radius 2 is 2.22 bits per heavy atom. The standard InChI is InChI=1S/C12H13N3O2.ClH/c1-16-10-4-2-3-8(5-10)11-14-12(17-15-11)9-6-13-7-9;/h2-5,9,13H,6-7H2,1H3;1H. The predicted molar refractivity (Wildman–Crippen MR) is 69.1 cm³/mol. The molecular weight excluding hydrogens is 254 g/mol. The van der Waals surface area contributed by atoms with Gasteiger partial charge in [0.1, 0.15) is 5.75 Å². The van der Waals surface area contributed by atoms with Gasteiger partial charge < -0.3 is 14.6 Å². The van der Waals surface area contributed by atoms with E-state index in [0.717, 1.165) is 24.4 Å². The molecule has 1 saturated heterocycles. The normalized spacial score (nSPS) is 14.7. The first-order valence-corrected chi connectivity index (χ1v) is 5.55. The lowest BCUT2D eigenvalue weighted by atomic mass is 10.0. The molecule has 0 spiro atoms. The van der Waals surface area contributed by atoms with Crippen LogP contribution in [-0.2, 0) is 0 Å². The van der Waals surface area contributed by atoms with Crippen molar-refractivity contribution < 1.29 is 9.26 Å². The van der Waals surface area contributed by atoms with Gasteiger partial charge in [-0.15, -0.1) is 12.4 Å². The lowest BCUT2D eigenvalue weighted by Gasteiger charge is -2.22. The fraction of sp³-hybridized carbons (Fsp3) is 0.333. The number of ether oxygens (including phenoxy) is 1. The van der Waals surface area contributed by atoms with Crippen LogP contribution in [0.4, 0.5) is 0 Å². The van der Waals surface area contributed by atoms with E-state index in [9.17, 15) is 0 Å². The number of rotatable bonds is 3. The van der Waals surface area contributed by atoms with Gasteiger partial charge in [0.25, 0.3) is 0 Å². The fourth-order valence-electron chi connectivity index (χ4n) is 1.74. The Morgan fingerprint density at radius 3 is 2.89 bits per heavy atom. The van der Waals surface area contributed by atoms with Crippen LogP contribution in [0.2, 0.25) is 0 Å². The van der Waals surface area contributed by atoms with Gasteiger partial charge in [-0.25, -0.2) is 0 Å². The van der Waals surface area contributed by atoms with Gasteiger partial charge >= 0.3 is 0 Å². The zero-order valence-corrected chi connectivity index (χ0v) is 10.7. The van der Waals surface area contributed by atoms with Crippen LogP contribution in [0.5, 0.6) is 5.75 Å². The summed E-state index contributed by atoms with van der Waals surface area (Å²) in [4.78, 5) is 4.40. The van der Waals surface area contributed by atoms with Gasteiger partial charge in [0.15, 0.2) is 0 Å². The number of aromatic nitrogens is 2. The summed E-state index contributed by atoms with van der Waals surface area (Å²) in [5.74, 6) is 2.48. The molecule has 5 nitrogen and oxygen atoms in total. The molecule has 0 aliphatic carbocycles. The van der Waals surface area contributed by atoms with Gasteiger partial charge in [-0.1, -0.05) is 17.3 Å². The largest absolute Gasteiger partial charge is 0.497 e. The summed E-state index contributed by atoms with van der Waals surface area (Å²) in [6, 6.07) is 7.64. The minimum absolute atomic E-state index is 0. The summed E-state index contributed by atoms with van der Waals surface area (Å²) >= 11 is 0. The Bertz CT molecular complexity index is 526. The third-order valence-electron chi connectivity index (χ3n) is 2.90. The lowest BCUT2D eigenvalue weighted by Crippen LogP contribution is -2.40. The average molecular weight is 268 g/mol. The topological polar surface area (TPSA) is 60.2 Å². The van der Waals surface area contributed by atoms with Gasteiger partial charge in [0.2, 0.25) is 11.7 Å². The van der Waals surface area contributed by atoms with Gasteiger partial charge in [-0.3, -0.25) is 0 Å². The molecule has 3 rings (SSSR count). The first kappa shape index (κ1) is 12.9. The number of halogens is 1. The van der Waals surface area contributed by atoms with Crippen molar-refractivity contribution in [2.24, 2.45) is 0 Å². The summed E-state index contributed by atoms with van der Waals surface area (Å²) in [6.07, 6.45) is 0. The van der Waals surface area contributed by atoms with Crippen molar-refractivity contribution in [3.8, 4) is 17.1 Å². The first-order valence-electron chi connectivity index (χ1n) is 5.55. The molecule has 0 saturated carbocycles. The predicted octanol–water partition coefficient (Wildman–Crippen LogP) is 1.85. The molecule has 1 fully saturated rings. The molecule has 6 heteroatoms. The molecule has 1 N–H and O–H groups in total. The minimum Gasteiger partial charge on any atom is -0.497 e. The molecule has 96 valence electrons. The summed E-state index contributed by atoms with van der Waals surface area (Å²) < 4.78 is 10.4. The Hall–Kier alpha value is -1.59.